The summed E-state index contributed by atoms with van der Waals surface area (Å²) in [5, 5.41) is 0. The Morgan fingerprint density at radius 3 is 2.38 bits per heavy atom. The number of nitrogens with zero attached hydrogens (tertiary/aromatic N) is 1. The first kappa shape index (κ1) is 19.3. The number of carbonyl (C=O) groups excluding carboxylic acids is 1. The topological polar surface area (TPSA) is 29.5 Å². The highest BCUT2D eigenvalue weighted by atomic mass is 16.6. The predicted octanol–water partition coefficient (Wildman–Crippen LogP) is 6.01. The molecule has 1 aliphatic heterocycles. The van der Waals surface area contributed by atoms with Gasteiger partial charge in [-0.15, -0.1) is 0 Å². The Kier molecular flexibility index (Phi) is 5.11. The molecule has 2 fully saturated rings. The molecule has 1 amide bonds. The largest absolute Gasteiger partial charge is 0.444 e. The van der Waals surface area contributed by atoms with E-state index < -0.39 is 5.60 Å². The molecule has 1 aromatic carbocycles. The lowest BCUT2D eigenvalue weighted by molar-refractivity contribution is 0.00938. The van der Waals surface area contributed by atoms with Gasteiger partial charge in [-0.2, -0.15) is 0 Å². The van der Waals surface area contributed by atoms with Gasteiger partial charge >= 0.3 is 6.09 Å². The molecule has 1 aromatic rings. The zero-order valence-corrected chi connectivity index (χ0v) is 17.4. The molecule has 1 saturated heterocycles. The smallest absolute Gasteiger partial charge is 0.410 e. The van der Waals surface area contributed by atoms with Gasteiger partial charge in [-0.1, -0.05) is 32.0 Å². The second-order valence-electron chi connectivity index (χ2n) is 9.70. The third kappa shape index (κ3) is 4.07. The van der Waals surface area contributed by atoms with E-state index in [-0.39, 0.29) is 11.5 Å². The minimum Gasteiger partial charge on any atom is -0.444 e. The van der Waals surface area contributed by atoms with Crippen molar-refractivity contribution in [2.24, 2.45) is 5.41 Å². The number of amides is 1. The van der Waals surface area contributed by atoms with Crippen molar-refractivity contribution in [3.63, 3.8) is 0 Å². The van der Waals surface area contributed by atoms with Gasteiger partial charge in [-0.25, -0.2) is 4.79 Å². The summed E-state index contributed by atoms with van der Waals surface area (Å²) in [5.41, 5.74) is 4.41. The van der Waals surface area contributed by atoms with Crippen molar-refractivity contribution in [2.45, 2.75) is 84.7 Å². The van der Waals surface area contributed by atoms with Crippen molar-refractivity contribution in [1.29, 1.82) is 0 Å². The first-order valence-corrected chi connectivity index (χ1v) is 10.2. The molecule has 1 heterocycles. The molecule has 3 nitrogen and oxygen atoms in total. The van der Waals surface area contributed by atoms with Crippen LogP contribution in [0.1, 0.15) is 88.8 Å². The lowest BCUT2D eigenvalue weighted by atomic mass is 9.67. The van der Waals surface area contributed by atoms with Crippen LogP contribution >= 0.6 is 0 Å². The quantitative estimate of drug-likeness (QED) is 0.662. The van der Waals surface area contributed by atoms with Gasteiger partial charge in [0, 0.05) is 13.1 Å². The Balaban J connectivity index is 1.71. The molecule has 144 valence electrons. The minimum atomic E-state index is -0.425. The molecular weight excluding hydrogens is 322 g/mol. The number of hydrogen-bond donors (Lipinski definition) is 0. The van der Waals surface area contributed by atoms with Crippen LogP contribution in [0.2, 0.25) is 0 Å². The first-order chi connectivity index (χ1) is 12.1. The Bertz CT molecular complexity index is 661. The fourth-order valence-electron chi connectivity index (χ4n) is 4.35. The summed E-state index contributed by atoms with van der Waals surface area (Å²) in [6.07, 6.45) is 4.58. The molecule has 3 rings (SSSR count). The number of benzene rings is 1. The summed E-state index contributed by atoms with van der Waals surface area (Å²) in [5.74, 6) is 1.29. The van der Waals surface area contributed by atoms with Crippen LogP contribution in [0.15, 0.2) is 18.2 Å². The van der Waals surface area contributed by atoms with E-state index in [1.165, 1.54) is 18.4 Å². The molecule has 1 aliphatic carbocycles. The summed E-state index contributed by atoms with van der Waals surface area (Å²) in [4.78, 5) is 14.3. The summed E-state index contributed by atoms with van der Waals surface area (Å²) in [7, 11) is 0. The first-order valence-electron chi connectivity index (χ1n) is 10.2. The third-order valence-corrected chi connectivity index (χ3v) is 6.41. The van der Waals surface area contributed by atoms with Gasteiger partial charge in [0.15, 0.2) is 0 Å². The number of carbonyl (C=O) groups is 1. The van der Waals surface area contributed by atoms with Gasteiger partial charge in [0.2, 0.25) is 0 Å². The molecule has 0 spiro atoms. The van der Waals surface area contributed by atoms with E-state index in [1.807, 2.05) is 25.7 Å². The number of hydrogen-bond acceptors (Lipinski definition) is 2. The van der Waals surface area contributed by atoms with Gasteiger partial charge in [0.25, 0.3) is 0 Å². The number of rotatable bonds is 3. The maximum atomic E-state index is 12.4. The van der Waals surface area contributed by atoms with E-state index in [4.69, 9.17) is 4.74 Å². The van der Waals surface area contributed by atoms with Crippen molar-refractivity contribution < 1.29 is 9.53 Å². The summed E-state index contributed by atoms with van der Waals surface area (Å²) in [6.45, 7) is 14.4. The van der Waals surface area contributed by atoms with Crippen LogP contribution in [0.3, 0.4) is 0 Å². The molecule has 2 aliphatic rings. The summed E-state index contributed by atoms with van der Waals surface area (Å²) in [6, 6.07) is 6.82. The van der Waals surface area contributed by atoms with Crippen molar-refractivity contribution in [1.82, 2.24) is 4.90 Å². The lowest BCUT2D eigenvalue weighted by Gasteiger charge is -2.44. The maximum absolute atomic E-state index is 12.4. The maximum Gasteiger partial charge on any atom is 0.410 e. The standard InChI is InChI=1S/C23H35NO2/c1-16-8-7-9-19(20(16)18-10-11-18)17(2)23(6)12-14-24(15-13-23)21(25)26-22(3,4)5/h7-9,17-18H,10-15H2,1-6H3. The van der Waals surface area contributed by atoms with Crippen LogP contribution in [0, 0.1) is 12.3 Å². The zero-order chi connectivity index (χ0) is 19.1. The van der Waals surface area contributed by atoms with Crippen LogP contribution in [0.4, 0.5) is 4.79 Å². The summed E-state index contributed by atoms with van der Waals surface area (Å²) < 4.78 is 5.55. The normalized spacial score (nSPS) is 21.4. The molecule has 1 atom stereocenters. The Labute approximate surface area is 159 Å². The third-order valence-electron chi connectivity index (χ3n) is 6.41. The Morgan fingerprint density at radius 1 is 1.23 bits per heavy atom. The molecular formula is C23H35NO2. The number of piperidine rings is 1. The predicted molar refractivity (Wildman–Crippen MR) is 107 cm³/mol. The van der Waals surface area contributed by atoms with E-state index in [0.29, 0.717) is 5.92 Å². The van der Waals surface area contributed by atoms with Crippen molar-refractivity contribution >= 4 is 6.09 Å². The van der Waals surface area contributed by atoms with Gasteiger partial charge in [-0.05, 0) is 87.3 Å². The van der Waals surface area contributed by atoms with Crippen molar-refractivity contribution in [3.8, 4) is 0 Å². The summed E-state index contributed by atoms with van der Waals surface area (Å²) >= 11 is 0. The molecule has 0 radical (unpaired) electrons. The van der Waals surface area contributed by atoms with Gasteiger partial charge in [-0.3, -0.25) is 0 Å². The van der Waals surface area contributed by atoms with Gasteiger partial charge in [0.05, 0.1) is 0 Å². The van der Waals surface area contributed by atoms with Crippen LogP contribution in [-0.2, 0) is 4.74 Å². The average molecular weight is 358 g/mol. The van der Waals surface area contributed by atoms with Crippen molar-refractivity contribution in [3.05, 3.63) is 34.9 Å². The minimum absolute atomic E-state index is 0.165. The average Bonchev–Trinajstić information content (AvgIpc) is 3.37. The van der Waals surface area contributed by atoms with Gasteiger partial charge in [0.1, 0.15) is 5.60 Å². The zero-order valence-electron chi connectivity index (χ0n) is 17.4. The van der Waals surface area contributed by atoms with E-state index >= 15 is 0 Å². The number of aryl methyl sites for hydroxylation is 1. The van der Waals surface area contributed by atoms with Crippen LogP contribution in [0.25, 0.3) is 0 Å². The van der Waals surface area contributed by atoms with Crippen LogP contribution in [-0.4, -0.2) is 29.7 Å². The molecule has 3 heteroatoms. The van der Waals surface area contributed by atoms with Crippen LogP contribution < -0.4 is 0 Å². The second-order valence-corrected chi connectivity index (χ2v) is 9.70. The second kappa shape index (κ2) is 6.90. The molecule has 0 bridgehead atoms. The lowest BCUT2D eigenvalue weighted by Crippen LogP contribution is -2.45. The van der Waals surface area contributed by atoms with E-state index in [2.05, 4.69) is 39.0 Å². The van der Waals surface area contributed by atoms with Gasteiger partial charge < -0.3 is 9.64 Å². The highest BCUT2D eigenvalue weighted by molar-refractivity contribution is 5.68. The fraction of sp³-hybridized carbons (Fsp3) is 0.696. The number of ether oxygens (including phenoxy) is 1. The van der Waals surface area contributed by atoms with E-state index in [9.17, 15) is 4.79 Å². The molecule has 1 saturated carbocycles. The SMILES string of the molecule is Cc1cccc(C(C)C2(C)CCN(C(=O)OC(C)(C)C)CC2)c1C1CC1. The molecule has 26 heavy (non-hydrogen) atoms. The molecule has 0 N–H and O–H groups in total. The number of likely N-dealkylation sites (tertiary alicyclic amines) is 1. The monoisotopic (exact) mass is 357 g/mol. The van der Waals surface area contributed by atoms with Crippen molar-refractivity contribution in [2.75, 3.05) is 13.1 Å². The Hall–Kier alpha value is -1.51. The van der Waals surface area contributed by atoms with Crippen LogP contribution in [0.5, 0.6) is 0 Å². The molecule has 1 unspecified atom stereocenters. The highest BCUT2D eigenvalue weighted by Gasteiger charge is 2.40. The van der Waals surface area contributed by atoms with E-state index in [1.54, 1.807) is 11.1 Å². The van der Waals surface area contributed by atoms with E-state index in [0.717, 1.165) is 31.8 Å². The fourth-order valence-corrected chi connectivity index (χ4v) is 4.35. The molecule has 0 aromatic heterocycles. The Morgan fingerprint density at radius 2 is 1.85 bits per heavy atom. The highest BCUT2D eigenvalue weighted by Crippen LogP contribution is 2.50.